The molecular weight excluding hydrogens is 224 g/mol. The van der Waals surface area contributed by atoms with E-state index in [0.717, 1.165) is 23.8 Å². The van der Waals surface area contributed by atoms with Crippen molar-refractivity contribution in [2.24, 2.45) is 0 Å². The van der Waals surface area contributed by atoms with Gasteiger partial charge in [-0.25, -0.2) is 4.98 Å². The number of anilines is 1. The van der Waals surface area contributed by atoms with E-state index in [-0.39, 0.29) is 5.60 Å². The molecule has 1 aromatic rings. The first kappa shape index (κ1) is 10.9. The van der Waals surface area contributed by atoms with Crippen LogP contribution in [0.15, 0.2) is 59.5 Å². The smallest absolute Gasteiger partial charge is 0.152 e. The van der Waals surface area contributed by atoms with E-state index in [1.807, 2.05) is 30.4 Å². The predicted octanol–water partition coefficient (Wildman–Crippen LogP) is 2.79. The lowest BCUT2D eigenvalue weighted by Gasteiger charge is -2.40. The summed E-state index contributed by atoms with van der Waals surface area (Å²) in [6.45, 7) is 4.90. The molecule has 0 amide bonds. The fourth-order valence-electron chi connectivity index (χ4n) is 2.17. The SMILES string of the molecule is CC1(C)CN(c2ccccn2)C2=C(C=C=C=C2)O1. The van der Waals surface area contributed by atoms with Crippen molar-refractivity contribution < 1.29 is 4.74 Å². The van der Waals surface area contributed by atoms with Crippen molar-refractivity contribution in [2.45, 2.75) is 19.4 Å². The molecular formula is C15H14N2O. The molecule has 2 heterocycles. The van der Waals surface area contributed by atoms with Gasteiger partial charge >= 0.3 is 0 Å². The largest absolute Gasteiger partial charge is 0.483 e. The highest BCUT2D eigenvalue weighted by Crippen LogP contribution is 2.32. The Morgan fingerprint density at radius 1 is 1.28 bits per heavy atom. The van der Waals surface area contributed by atoms with Gasteiger partial charge in [0.05, 0.1) is 12.2 Å². The highest BCUT2D eigenvalue weighted by atomic mass is 16.5. The van der Waals surface area contributed by atoms with Crippen molar-refractivity contribution in [3.05, 3.63) is 59.5 Å². The first-order valence-corrected chi connectivity index (χ1v) is 5.95. The topological polar surface area (TPSA) is 25.4 Å². The van der Waals surface area contributed by atoms with Gasteiger partial charge in [0.25, 0.3) is 0 Å². The Labute approximate surface area is 106 Å². The molecule has 2 aliphatic rings. The zero-order valence-corrected chi connectivity index (χ0v) is 10.5. The summed E-state index contributed by atoms with van der Waals surface area (Å²) in [5.41, 5.74) is 6.65. The van der Waals surface area contributed by atoms with Gasteiger partial charge in [0.2, 0.25) is 0 Å². The van der Waals surface area contributed by atoms with Gasteiger partial charge in [0, 0.05) is 18.3 Å². The van der Waals surface area contributed by atoms with E-state index in [0.29, 0.717) is 0 Å². The average molecular weight is 238 g/mol. The third kappa shape index (κ3) is 1.86. The second-order valence-corrected chi connectivity index (χ2v) is 4.96. The lowest BCUT2D eigenvalue weighted by Crippen LogP contribution is -2.45. The van der Waals surface area contributed by atoms with Crippen LogP contribution in [0, 0.1) is 0 Å². The quantitative estimate of drug-likeness (QED) is 0.703. The van der Waals surface area contributed by atoms with Crippen LogP contribution in [-0.4, -0.2) is 17.1 Å². The molecule has 0 N–H and O–H groups in total. The van der Waals surface area contributed by atoms with Crippen molar-refractivity contribution in [2.75, 3.05) is 11.4 Å². The van der Waals surface area contributed by atoms with E-state index in [4.69, 9.17) is 4.74 Å². The summed E-state index contributed by atoms with van der Waals surface area (Å²) < 4.78 is 5.95. The Morgan fingerprint density at radius 3 is 2.89 bits per heavy atom. The van der Waals surface area contributed by atoms with Crippen LogP contribution in [0.3, 0.4) is 0 Å². The minimum absolute atomic E-state index is 0.250. The monoisotopic (exact) mass is 238 g/mol. The third-order valence-corrected chi connectivity index (χ3v) is 2.89. The Kier molecular flexibility index (Phi) is 2.38. The minimum Gasteiger partial charge on any atom is -0.483 e. The first-order valence-electron chi connectivity index (χ1n) is 5.95. The maximum absolute atomic E-state index is 5.95. The molecule has 0 saturated carbocycles. The Balaban J connectivity index is 2.08. The molecule has 3 rings (SSSR count). The van der Waals surface area contributed by atoms with Crippen molar-refractivity contribution >= 4 is 5.82 Å². The van der Waals surface area contributed by atoms with Crippen LogP contribution in [0.5, 0.6) is 0 Å². The number of allylic oxidation sites excluding steroid dienone is 2. The summed E-state index contributed by atoms with van der Waals surface area (Å²) in [7, 11) is 0. The molecule has 3 heteroatoms. The molecule has 0 unspecified atom stereocenters. The van der Waals surface area contributed by atoms with Crippen molar-refractivity contribution in [3.8, 4) is 0 Å². The number of hydrogen-bond donors (Lipinski definition) is 0. The highest BCUT2D eigenvalue weighted by molar-refractivity contribution is 5.54. The van der Waals surface area contributed by atoms with Gasteiger partial charge in [-0.15, -0.1) is 0 Å². The van der Waals surface area contributed by atoms with Crippen LogP contribution < -0.4 is 4.90 Å². The summed E-state index contributed by atoms with van der Waals surface area (Å²) in [6.07, 6.45) is 5.52. The van der Waals surface area contributed by atoms with Gasteiger partial charge in [-0.1, -0.05) is 17.5 Å². The average Bonchev–Trinajstić information content (AvgIpc) is 2.38. The molecule has 0 atom stereocenters. The van der Waals surface area contributed by atoms with Crippen molar-refractivity contribution in [1.82, 2.24) is 4.98 Å². The number of pyridine rings is 1. The number of hydrogen-bond acceptors (Lipinski definition) is 3. The zero-order valence-electron chi connectivity index (χ0n) is 10.5. The van der Waals surface area contributed by atoms with Gasteiger partial charge in [-0.3, -0.25) is 0 Å². The second kappa shape index (κ2) is 3.92. The van der Waals surface area contributed by atoms with Gasteiger partial charge in [0.15, 0.2) is 5.76 Å². The molecule has 90 valence electrons. The lowest BCUT2D eigenvalue weighted by molar-refractivity contribution is 0.0369. The molecule has 0 radical (unpaired) electrons. The summed E-state index contributed by atoms with van der Waals surface area (Å²) >= 11 is 0. The molecule has 1 aromatic heterocycles. The van der Waals surface area contributed by atoms with E-state index in [9.17, 15) is 0 Å². The summed E-state index contributed by atoms with van der Waals surface area (Å²) in [6, 6.07) is 5.91. The first-order chi connectivity index (χ1) is 8.66. The maximum atomic E-state index is 5.95. The molecule has 0 fully saturated rings. The molecule has 1 aliphatic heterocycles. The Hall–Kier alpha value is -2.21. The molecule has 0 saturated heterocycles. The normalized spacial score (nSPS) is 19.8. The van der Waals surface area contributed by atoms with Gasteiger partial charge < -0.3 is 9.64 Å². The van der Waals surface area contributed by atoms with E-state index >= 15 is 0 Å². The van der Waals surface area contributed by atoms with Crippen LogP contribution in [-0.2, 0) is 4.74 Å². The molecule has 0 spiro atoms. The van der Waals surface area contributed by atoms with Gasteiger partial charge in [0.1, 0.15) is 11.4 Å². The Bertz CT molecular complexity index is 601. The third-order valence-electron chi connectivity index (χ3n) is 2.89. The minimum atomic E-state index is -0.250. The summed E-state index contributed by atoms with van der Waals surface area (Å²) in [4.78, 5) is 6.57. The second-order valence-electron chi connectivity index (χ2n) is 4.96. The van der Waals surface area contributed by atoms with Crippen molar-refractivity contribution in [3.63, 3.8) is 0 Å². The van der Waals surface area contributed by atoms with E-state index in [1.165, 1.54) is 0 Å². The molecule has 3 nitrogen and oxygen atoms in total. The van der Waals surface area contributed by atoms with Crippen LogP contribution in [0.1, 0.15) is 13.8 Å². The summed E-state index contributed by atoms with van der Waals surface area (Å²) in [5, 5.41) is 0. The van der Waals surface area contributed by atoms with E-state index in [2.05, 4.69) is 35.2 Å². The number of aromatic nitrogens is 1. The highest BCUT2D eigenvalue weighted by Gasteiger charge is 2.33. The van der Waals surface area contributed by atoms with Crippen LogP contribution in [0.4, 0.5) is 5.82 Å². The lowest BCUT2D eigenvalue weighted by atomic mass is 10.0. The summed E-state index contributed by atoms with van der Waals surface area (Å²) in [5.74, 6) is 1.75. The van der Waals surface area contributed by atoms with Crippen LogP contribution in [0.2, 0.25) is 0 Å². The maximum Gasteiger partial charge on any atom is 0.152 e. The molecule has 0 bridgehead atoms. The zero-order chi connectivity index (χ0) is 12.6. The van der Waals surface area contributed by atoms with Gasteiger partial charge in [-0.2, -0.15) is 0 Å². The van der Waals surface area contributed by atoms with E-state index < -0.39 is 0 Å². The predicted molar refractivity (Wildman–Crippen MR) is 69.9 cm³/mol. The van der Waals surface area contributed by atoms with Crippen LogP contribution in [0.25, 0.3) is 0 Å². The number of rotatable bonds is 1. The van der Waals surface area contributed by atoms with Gasteiger partial charge in [-0.05, 0) is 26.0 Å². The van der Waals surface area contributed by atoms with Crippen molar-refractivity contribution in [1.29, 1.82) is 0 Å². The Morgan fingerprint density at radius 2 is 2.11 bits per heavy atom. The number of ether oxygens (including phenoxy) is 1. The fraction of sp³-hybridized carbons (Fsp3) is 0.267. The van der Waals surface area contributed by atoms with Crippen LogP contribution >= 0.6 is 0 Å². The molecule has 1 aliphatic carbocycles. The molecule has 18 heavy (non-hydrogen) atoms. The standard InChI is InChI=1S/C15H14N2O/c1-15(2)11-17(14-9-5-6-10-16-14)12-7-3-4-8-13(12)18-15/h5-10H,11H2,1-2H3. The fourth-order valence-corrected chi connectivity index (χ4v) is 2.17. The number of nitrogens with zero attached hydrogens (tertiary/aromatic N) is 2. The van der Waals surface area contributed by atoms with E-state index in [1.54, 1.807) is 6.20 Å². The molecule has 0 aromatic carbocycles.